The fourth-order valence-corrected chi connectivity index (χ4v) is 4.29. The van der Waals surface area contributed by atoms with Crippen LogP contribution in [-0.2, 0) is 0 Å². The Hall–Kier alpha value is 0. The predicted molar refractivity (Wildman–Crippen MR) is 62.3 cm³/mol. The third-order valence-electron chi connectivity index (χ3n) is 5.20. The van der Waals surface area contributed by atoms with Crippen molar-refractivity contribution >= 4 is 0 Å². The Morgan fingerprint density at radius 1 is 1.00 bits per heavy atom. The van der Waals surface area contributed by atoms with Gasteiger partial charge in [-0.2, -0.15) is 0 Å². The predicted octanol–water partition coefficient (Wildman–Crippen LogP) is 4.78. The normalized spacial score (nSPS) is 37.3. The lowest BCUT2D eigenvalue weighted by atomic mass is 9.62. The summed E-state index contributed by atoms with van der Waals surface area (Å²) in [5.41, 5.74) is 0.778. The topological polar surface area (TPSA) is 0 Å². The molecule has 2 fully saturated rings. The maximum absolute atomic E-state index is 2.51. The van der Waals surface area contributed by atoms with Crippen LogP contribution >= 0.6 is 0 Å². The van der Waals surface area contributed by atoms with Crippen molar-refractivity contribution in [3.63, 3.8) is 0 Å². The van der Waals surface area contributed by atoms with Gasteiger partial charge < -0.3 is 0 Å². The minimum Gasteiger partial charge on any atom is -0.0648 e. The molecule has 0 aromatic carbocycles. The van der Waals surface area contributed by atoms with Crippen molar-refractivity contribution in [1.29, 1.82) is 0 Å². The maximum atomic E-state index is 2.51. The summed E-state index contributed by atoms with van der Waals surface area (Å²) < 4.78 is 0. The van der Waals surface area contributed by atoms with E-state index in [-0.39, 0.29) is 0 Å². The molecule has 0 N–H and O–H groups in total. The van der Waals surface area contributed by atoms with E-state index in [2.05, 4.69) is 13.8 Å². The van der Waals surface area contributed by atoms with Crippen LogP contribution in [-0.4, -0.2) is 0 Å². The SMILES string of the molecule is CCC1(C2CCCCC2C)CCCC1. The van der Waals surface area contributed by atoms with E-state index in [9.17, 15) is 0 Å². The zero-order valence-electron chi connectivity index (χ0n) is 10.0. The van der Waals surface area contributed by atoms with E-state index >= 15 is 0 Å². The molecule has 0 saturated heterocycles. The third-order valence-corrected chi connectivity index (χ3v) is 5.20. The van der Waals surface area contributed by atoms with Gasteiger partial charge >= 0.3 is 0 Å². The molecule has 0 heterocycles. The molecule has 14 heavy (non-hydrogen) atoms. The molecule has 2 saturated carbocycles. The van der Waals surface area contributed by atoms with Gasteiger partial charge in [-0.3, -0.25) is 0 Å². The Kier molecular flexibility index (Phi) is 3.19. The largest absolute Gasteiger partial charge is 0.0648 e. The van der Waals surface area contributed by atoms with Gasteiger partial charge in [0.05, 0.1) is 0 Å². The van der Waals surface area contributed by atoms with Gasteiger partial charge in [0.25, 0.3) is 0 Å². The number of hydrogen-bond donors (Lipinski definition) is 0. The van der Waals surface area contributed by atoms with E-state index < -0.39 is 0 Å². The van der Waals surface area contributed by atoms with Crippen LogP contribution in [0.3, 0.4) is 0 Å². The Morgan fingerprint density at radius 3 is 2.21 bits per heavy atom. The van der Waals surface area contributed by atoms with Crippen LogP contribution in [0, 0.1) is 17.3 Å². The third kappa shape index (κ3) is 1.73. The van der Waals surface area contributed by atoms with E-state index in [4.69, 9.17) is 0 Å². The molecule has 2 unspecified atom stereocenters. The summed E-state index contributed by atoms with van der Waals surface area (Å²) in [4.78, 5) is 0. The van der Waals surface area contributed by atoms with Gasteiger partial charge in [0.2, 0.25) is 0 Å². The quantitative estimate of drug-likeness (QED) is 0.593. The first-order chi connectivity index (χ1) is 6.78. The Labute approximate surface area is 89.5 Å². The summed E-state index contributed by atoms with van der Waals surface area (Å²) in [6, 6.07) is 0. The number of hydrogen-bond acceptors (Lipinski definition) is 0. The van der Waals surface area contributed by atoms with Gasteiger partial charge in [0.1, 0.15) is 0 Å². The fourth-order valence-electron chi connectivity index (χ4n) is 4.29. The number of rotatable bonds is 2. The molecule has 0 amide bonds. The minimum atomic E-state index is 0.778. The van der Waals surface area contributed by atoms with Gasteiger partial charge in [0, 0.05) is 0 Å². The average molecular weight is 194 g/mol. The lowest BCUT2D eigenvalue weighted by molar-refractivity contribution is 0.0700. The molecule has 0 aromatic heterocycles. The van der Waals surface area contributed by atoms with E-state index in [1.165, 1.54) is 44.9 Å². The molecule has 0 heteroatoms. The lowest BCUT2D eigenvalue weighted by Gasteiger charge is -2.43. The van der Waals surface area contributed by atoms with E-state index in [0.29, 0.717) is 0 Å². The minimum absolute atomic E-state index is 0.778. The first-order valence-corrected chi connectivity index (χ1v) is 6.78. The van der Waals surface area contributed by atoms with Crippen LogP contribution in [0.25, 0.3) is 0 Å². The molecule has 2 aliphatic rings. The van der Waals surface area contributed by atoms with Crippen LogP contribution in [0.2, 0.25) is 0 Å². The van der Waals surface area contributed by atoms with Crippen LogP contribution in [0.1, 0.15) is 71.6 Å². The average Bonchev–Trinajstić information content (AvgIpc) is 2.68. The standard InChI is InChI=1S/C14H26/c1-3-14(10-6-7-11-14)13-9-5-4-8-12(13)2/h12-13H,3-11H2,1-2H3. The molecule has 0 spiro atoms. The Balaban J connectivity index is 2.09. The van der Waals surface area contributed by atoms with Gasteiger partial charge in [-0.05, 0) is 36.5 Å². The van der Waals surface area contributed by atoms with Crippen LogP contribution in [0.4, 0.5) is 0 Å². The second-order valence-corrected chi connectivity index (χ2v) is 5.79. The highest BCUT2D eigenvalue weighted by molar-refractivity contribution is 4.93. The molecule has 0 aromatic rings. The van der Waals surface area contributed by atoms with Gasteiger partial charge in [0.15, 0.2) is 0 Å². The van der Waals surface area contributed by atoms with E-state index in [1.54, 1.807) is 12.8 Å². The van der Waals surface area contributed by atoms with Crippen molar-refractivity contribution in [2.24, 2.45) is 17.3 Å². The zero-order chi connectivity index (χ0) is 10.0. The summed E-state index contributed by atoms with van der Waals surface area (Å²) in [7, 11) is 0. The van der Waals surface area contributed by atoms with Gasteiger partial charge in [-0.1, -0.05) is 52.4 Å². The lowest BCUT2D eigenvalue weighted by Crippen LogP contribution is -2.33. The molecule has 0 bridgehead atoms. The van der Waals surface area contributed by atoms with Crippen LogP contribution in [0.5, 0.6) is 0 Å². The molecule has 2 rings (SSSR count). The first kappa shape index (κ1) is 10.5. The highest BCUT2D eigenvalue weighted by Gasteiger charge is 2.42. The van der Waals surface area contributed by atoms with Gasteiger partial charge in [-0.25, -0.2) is 0 Å². The Morgan fingerprint density at radius 2 is 1.64 bits per heavy atom. The van der Waals surface area contributed by atoms with Crippen molar-refractivity contribution in [2.45, 2.75) is 71.6 Å². The highest BCUT2D eigenvalue weighted by atomic mass is 14.5. The van der Waals surface area contributed by atoms with Crippen molar-refractivity contribution in [3.8, 4) is 0 Å². The summed E-state index contributed by atoms with van der Waals surface area (Å²) in [5.74, 6) is 2.09. The molecular weight excluding hydrogens is 168 g/mol. The van der Waals surface area contributed by atoms with Crippen molar-refractivity contribution in [1.82, 2.24) is 0 Å². The molecule has 0 nitrogen and oxygen atoms in total. The summed E-state index contributed by atoms with van der Waals surface area (Å²) in [6.07, 6.45) is 13.6. The zero-order valence-corrected chi connectivity index (χ0v) is 10.0. The molecule has 2 atom stereocenters. The van der Waals surface area contributed by atoms with Crippen LogP contribution in [0.15, 0.2) is 0 Å². The second-order valence-electron chi connectivity index (χ2n) is 5.79. The summed E-state index contributed by atoms with van der Waals surface area (Å²) in [5, 5.41) is 0. The van der Waals surface area contributed by atoms with E-state index in [0.717, 1.165) is 17.3 Å². The highest BCUT2D eigenvalue weighted by Crippen LogP contribution is 2.53. The van der Waals surface area contributed by atoms with Gasteiger partial charge in [-0.15, -0.1) is 0 Å². The maximum Gasteiger partial charge on any atom is -0.0269 e. The molecular formula is C14H26. The van der Waals surface area contributed by atoms with Crippen molar-refractivity contribution in [3.05, 3.63) is 0 Å². The first-order valence-electron chi connectivity index (χ1n) is 6.78. The second kappa shape index (κ2) is 4.24. The monoisotopic (exact) mass is 194 g/mol. The molecule has 0 radical (unpaired) electrons. The van der Waals surface area contributed by atoms with E-state index in [1.807, 2.05) is 0 Å². The summed E-state index contributed by atoms with van der Waals surface area (Å²) in [6.45, 7) is 4.95. The molecule has 0 aliphatic heterocycles. The molecule has 82 valence electrons. The smallest absolute Gasteiger partial charge is 0.0269 e. The fraction of sp³-hybridized carbons (Fsp3) is 1.00. The van der Waals surface area contributed by atoms with Crippen molar-refractivity contribution in [2.75, 3.05) is 0 Å². The van der Waals surface area contributed by atoms with Crippen LogP contribution < -0.4 is 0 Å². The summed E-state index contributed by atoms with van der Waals surface area (Å²) >= 11 is 0. The Bertz CT molecular complexity index is 176. The van der Waals surface area contributed by atoms with Crippen molar-refractivity contribution < 1.29 is 0 Å². The molecule has 2 aliphatic carbocycles.